The largest absolute Gasteiger partial charge is 0.467 e. The van der Waals surface area contributed by atoms with Gasteiger partial charge in [-0.3, -0.25) is 0 Å². The fourth-order valence-electron chi connectivity index (χ4n) is 0.181. The van der Waals surface area contributed by atoms with Gasteiger partial charge in [-0.25, -0.2) is 4.57 Å². The second-order valence-corrected chi connectivity index (χ2v) is 2.51. The molecule has 0 aromatic carbocycles. The normalized spacial score (nSPS) is 9.77. The summed E-state index contributed by atoms with van der Waals surface area (Å²) < 4.78 is 46.1. The van der Waals surface area contributed by atoms with E-state index in [0.29, 0.717) is 0 Å². The molecule has 0 unspecified atom stereocenters. The lowest BCUT2D eigenvalue weighted by molar-refractivity contribution is 0.129. The van der Waals surface area contributed by atoms with Gasteiger partial charge < -0.3 is 19.4 Å². The highest BCUT2D eigenvalue weighted by Gasteiger charge is 2.02. The summed E-state index contributed by atoms with van der Waals surface area (Å²) in [6.45, 7) is 1.34. The maximum atomic E-state index is 11.4. The van der Waals surface area contributed by atoms with Crippen LogP contribution in [0.25, 0.3) is 0 Å². The highest BCUT2D eigenvalue weighted by molar-refractivity contribution is 7.45. The van der Waals surface area contributed by atoms with Crippen molar-refractivity contribution in [3.63, 3.8) is 0 Å². The van der Waals surface area contributed by atoms with E-state index in [1.165, 1.54) is 6.92 Å². The molecular weight excluding hydrogens is 216 g/mol. The zero-order valence-electron chi connectivity index (χ0n) is 6.45. The summed E-state index contributed by atoms with van der Waals surface area (Å²) in [5.74, 6) is 0. The minimum atomic E-state index is -4.64. The smallest absolute Gasteiger partial charge is 0.466 e. The average molecular weight is 224 g/mol. The lowest BCUT2D eigenvalue weighted by atomic mass is 10.8. The Morgan fingerprint density at radius 2 is 1.62 bits per heavy atom. The second-order valence-electron chi connectivity index (χ2n) is 1.48. The van der Waals surface area contributed by atoms with Crippen molar-refractivity contribution in [1.29, 1.82) is 0 Å². The number of hydrogen-bond donors (Lipinski definition) is 3. The van der Waals surface area contributed by atoms with Gasteiger partial charge in [0.05, 0.1) is 6.61 Å². The van der Waals surface area contributed by atoms with E-state index in [0.717, 1.165) is 0 Å². The van der Waals surface area contributed by atoms with Gasteiger partial charge >= 0.3 is 19.9 Å². The van der Waals surface area contributed by atoms with Gasteiger partial charge in [0.2, 0.25) is 0 Å². The molecule has 9 heteroatoms. The first-order valence-electron chi connectivity index (χ1n) is 2.80. The van der Waals surface area contributed by atoms with Crippen LogP contribution in [0.3, 0.4) is 0 Å². The molecule has 0 saturated heterocycles. The Morgan fingerprint density at radius 1 is 1.31 bits per heavy atom. The molecule has 0 spiro atoms. The van der Waals surface area contributed by atoms with Crippen LogP contribution in [-0.4, -0.2) is 21.3 Å². The van der Waals surface area contributed by atoms with E-state index in [1.54, 1.807) is 0 Å². The third-order valence-electron chi connectivity index (χ3n) is 0.420. The molecule has 0 aliphatic rings. The highest BCUT2D eigenvalue weighted by atomic mass is 31.2. The zero-order chi connectivity index (χ0) is 11.1. The summed E-state index contributed by atoms with van der Waals surface area (Å²) in [5, 5.41) is 0. The van der Waals surface area contributed by atoms with Crippen LogP contribution < -0.4 is 0 Å². The highest BCUT2D eigenvalue weighted by Crippen LogP contribution is 2.25. The Labute approximate surface area is 71.7 Å². The zero-order valence-corrected chi connectivity index (χ0v) is 7.34. The summed E-state index contributed by atoms with van der Waals surface area (Å²) in [6, 6.07) is -1.78. The van der Waals surface area contributed by atoms with E-state index < -0.39 is 19.9 Å². The molecular formula is C4H8F3O5P. The summed E-state index contributed by atoms with van der Waals surface area (Å²) in [4.78, 5) is 21.6. The topological polar surface area (TPSA) is 87.0 Å². The Kier molecular flexibility index (Phi) is 7.93. The van der Waals surface area contributed by atoms with E-state index in [2.05, 4.69) is 4.74 Å². The van der Waals surface area contributed by atoms with Gasteiger partial charge in [0, 0.05) is 0 Å². The summed E-state index contributed by atoms with van der Waals surface area (Å²) in [6.07, 6.45) is -2.41. The van der Waals surface area contributed by atoms with Crippen LogP contribution in [0.1, 0.15) is 6.92 Å². The molecule has 0 radical (unpaired) electrons. The van der Waals surface area contributed by atoms with E-state index in [-0.39, 0.29) is 6.61 Å². The van der Waals surface area contributed by atoms with Crippen molar-refractivity contribution >= 4 is 7.82 Å². The van der Waals surface area contributed by atoms with Crippen LogP contribution in [0.5, 0.6) is 0 Å². The molecule has 3 N–H and O–H groups in total. The second kappa shape index (κ2) is 6.90. The molecule has 0 atom stereocenters. The maximum Gasteiger partial charge on any atom is 0.466 e. The summed E-state index contributed by atoms with van der Waals surface area (Å²) in [5.41, 5.74) is 0. The predicted octanol–water partition coefficient (Wildman–Crippen LogP) is 1.13. The lowest BCUT2D eigenvalue weighted by Gasteiger charge is -1.93. The minimum Gasteiger partial charge on any atom is -0.467 e. The van der Waals surface area contributed by atoms with Crippen molar-refractivity contribution in [1.82, 2.24) is 0 Å². The minimum absolute atomic E-state index is 0.0802. The average Bonchev–Trinajstić information content (AvgIpc) is 1.84. The van der Waals surface area contributed by atoms with E-state index >= 15 is 0 Å². The van der Waals surface area contributed by atoms with Gasteiger partial charge in [0.15, 0.2) is 0 Å². The van der Waals surface area contributed by atoms with Crippen LogP contribution in [-0.2, 0) is 9.30 Å². The Morgan fingerprint density at radius 3 is 1.69 bits per heavy atom. The standard InChI is InChI=1S/C4H5F3O.H3O4P/c1-2-8-4(7)3(5)6;1-5(2,3)4/h2H2,1H3;(H3,1,2,3,4). The molecule has 0 saturated carbocycles. The van der Waals surface area contributed by atoms with Gasteiger partial charge in [-0.15, -0.1) is 0 Å². The molecule has 0 amide bonds. The van der Waals surface area contributed by atoms with Crippen molar-refractivity contribution in [3.05, 3.63) is 12.1 Å². The molecule has 0 aliphatic carbocycles. The van der Waals surface area contributed by atoms with Gasteiger partial charge in [-0.1, -0.05) is 0 Å². The molecule has 0 bridgehead atoms. The Bertz CT molecular complexity index is 200. The molecule has 0 heterocycles. The number of rotatable bonds is 2. The van der Waals surface area contributed by atoms with Crippen molar-refractivity contribution in [3.8, 4) is 0 Å². The number of phosphoric acid groups is 1. The van der Waals surface area contributed by atoms with Crippen LogP contribution in [0, 0.1) is 0 Å². The Balaban J connectivity index is 0. The van der Waals surface area contributed by atoms with Crippen molar-refractivity contribution in [2.75, 3.05) is 6.61 Å². The third kappa shape index (κ3) is 24.6. The molecule has 0 fully saturated rings. The van der Waals surface area contributed by atoms with Gasteiger partial charge in [-0.05, 0) is 6.92 Å². The molecule has 0 aliphatic heterocycles. The predicted molar refractivity (Wildman–Crippen MR) is 36.2 cm³/mol. The lowest BCUT2D eigenvalue weighted by Crippen LogP contribution is -1.84. The molecule has 80 valence electrons. The van der Waals surface area contributed by atoms with Crippen molar-refractivity contribution < 1.29 is 37.2 Å². The first kappa shape index (κ1) is 14.9. The molecule has 0 aromatic heterocycles. The SMILES string of the molecule is CCOC(F)=C(F)F.O=P(O)(O)O. The van der Waals surface area contributed by atoms with Crippen LogP contribution in [0.2, 0.25) is 0 Å². The van der Waals surface area contributed by atoms with E-state index in [1.807, 2.05) is 0 Å². The van der Waals surface area contributed by atoms with Gasteiger partial charge in [0.25, 0.3) is 0 Å². The summed E-state index contributed by atoms with van der Waals surface area (Å²) >= 11 is 0. The van der Waals surface area contributed by atoms with E-state index in [9.17, 15) is 13.2 Å². The molecule has 0 rings (SSSR count). The number of hydrogen-bond acceptors (Lipinski definition) is 2. The molecule has 5 nitrogen and oxygen atoms in total. The monoisotopic (exact) mass is 224 g/mol. The summed E-state index contributed by atoms with van der Waals surface area (Å²) in [7, 11) is -4.64. The first-order chi connectivity index (χ1) is 5.68. The maximum absolute atomic E-state index is 11.4. The van der Waals surface area contributed by atoms with Gasteiger partial charge in [0.1, 0.15) is 0 Å². The first-order valence-corrected chi connectivity index (χ1v) is 4.36. The van der Waals surface area contributed by atoms with Crippen LogP contribution in [0.15, 0.2) is 12.1 Å². The van der Waals surface area contributed by atoms with Gasteiger partial charge in [-0.2, -0.15) is 13.2 Å². The quantitative estimate of drug-likeness (QED) is 0.483. The van der Waals surface area contributed by atoms with Crippen molar-refractivity contribution in [2.24, 2.45) is 0 Å². The number of halogens is 3. The van der Waals surface area contributed by atoms with E-state index in [4.69, 9.17) is 19.2 Å². The Hall–Kier alpha value is -0.560. The fourth-order valence-corrected chi connectivity index (χ4v) is 0.181. The van der Waals surface area contributed by atoms with Crippen LogP contribution >= 0.6 is 7.82 Å². The third-order valence-corrected chi connectivity index (χ3v) is 0.420. The molecule has 0 aromatic rings. The molecule has 13 heavy (non-hydrogen) atoms. The number of ether oxygens (including phenoxy) is 1. The van der Waals surface area contributed by atoms with Crippen LogP contribution in [0.4, 0.5) is 13.2 Å². The van der Waals surface area contributed by atoms with Crippen molar-refractivity contribution in [2.45, 2.75) is 6.92 Å². The fraction of sp³-hybridized carbons (Fsp3) is 0.500.